The summed E-state index contributed by atoms with van der Waals surface area (Å²) in [6.07, 6.45) is 3.18. The first-order chi connectivity index (χ1) is 13.1. The van der Waals surface area contributed by atoms with Crippen molar-refractivity contribution in [1.82, 2.24) is 0 Å². The van der Waals surface area contributed by atoms with Crippen molar-refractivity contribution in [2.75, 3.05) is 16.8 Å². The van der Waals surface area contributed by atoms with Crippen molar-refractivity contribution in [2.24, 2.45) is 0 Å². The maximum Gasteiger partial charge on any atom is 0.265 e. The van der Waals surface area contributed by atoms with Gasteiger partial charge in [0.15, 0.2) is 0 Å². The summed E-state index contributed by atoms with van der Waals surface area (Å²) >= 11 is 3.15. The van der Waals surface area contributed by atoms with Crippen LogP contribution >= 0.6 is 22.7 Å². The van der Waals surface area contributed by atoms with Gasteiger partial charge in [0.1, 0.15) is 0 Å². The van der Waals surface area contributed by atoms with E-state index in [0.717, 1.165) is 37.1 Å². The van der Waals surface area contributed by atoms with Gasteiger partial charge in [-0.1, -0.05) is 0 Å². The number of carbonyl (C=O) groups excluding carboxylic acids is 2. The van der Waals surface area contributed by atoms with Gasteiger partial charge in [-0.25, -0.2) is 0 Å². The lowest BCUT2D eigenvalue weighted by Gasteiger charge is -2.21. The fourth-order valence-corrected chi connectivity index (χ4v) is 5.04. The third kappa shape index (κ3) is 3.68. The number of hydrogen-bond acceptors (Lipinski definition) is 4. The largest absolute Gasteiger partial charge is 0.321 e. The number of rotatable bonds is 3. The minimum atomic E-state index is -0.114. The molecule has 1 N–H and O–H groups in total. The maximum atomic E-state index is 13.0. The Kier molecular flexibility index (Phi) is 5.09. The zero-order valence-electron chi connectivity index (χ0n) is 15.0. The van der Waals surface area contributed by atoms with Crippen molar-refractivity contribution in [2.45, 2.75) is 26.2 Å². The van der Waals surface area contributed by atoms with Gasteiger partial charge in [-0.2, -0.15) is 0 Å². The van der Waals surface area contributed by atoms with Crippen LogP contribution in [0.4, 0.5) is 11.4 Å². The zero-order chi connectivity index (χ0) is 18.8. The van der Waals surface area contributed by atoms with E-state index >= 15 is 0 Å². The van der Waals surface area contributed by atoms with E-state index in [1.54, 1.807) is 35.6 Å². The molecular weight excluding hydrogens is 376 g/mol. The second-order valence-corrected chi connectivity index (χ2v) is 8.52. The molecule has 0 radical (unpaired) electrons. The van der Waals surface area contributed by atoms with Crippen LogP contribution in [0.5, 0.6) is 0 Å². The Bertz CT molecular complexity index is 972. The molecule has 0 fully saturated rings. The Labute approximate surface area is 166 Å². The molecule has 1 aliphatic rings. The van der Waals surface area contributed by atoms with Gasteiger partial charge in [0.25, 0.3) is 11.8 Å². The first-order valence-corrected chi connectivity index (χ1v) is 10.7. The van der Waals surface area contributed by atoms with Gasteiger partial charge in [0, 0.05) is 22.7 Å². The molecule has 0 unspecified atom stereocenters. The van der Waals surface area contributed by atoms with Crippen LogP contribution in [0.1, 0.15) is 43.3 Å². The molecule has 4 rings (SSSR count). The Morgan fingerprint density at radius 3 is 2.52 bits per heavy atom. The minimum absolute atomic E-state index is 0.0172. The highest BCUT2D eigenvalue weighted by molar-refractivity contribution is 7.12. The van der Waals surface area contributed by atoms with E-state index < -0.39 is 0 Å². The number of anilines is 2. The summed E-state index contributed by atoms with van der Waals surface area (Å²) in [4.78, 5) is 29.2. The summed E-state index contributed by atoms with van der Waals surface area (Å²) in [7, 11) is 0. The number of benzene rings is 1. The van der Waals surface area contributed by atoms with Crippen LogP contribution in [0.2, 0.25) is 0 Å². The topological polar surface area (TPSA) is 49.4 Å². The summed E-state index contributed by atoms with van der Waals surface area (Å²) in [5.41, 5.74) is 3.35. The van der Waals surface area contributed by atoms with Gasteiger partial charge in [0.05, 0.1) is 10.6 Å². The van der Waals surface area contributed by atoms with Gasteiger partial charge >= 0.3 is 0 Å². The molecule has 2 amide bonds. The van der Waals surface area contributed by atoms with E-state index in [0.29, 0.717) is 16.1 Å². The first kappa shape index (κ1) is 17.9. The molecule has 6 heteroatoms. The van der Waals surface area contributed by atoms with Crippen LogP contribution in [-0.2, 0) is 6.42 Å². The van der Waals surface area contributed by atoms with Crippen molar-refractivity contribution < 1.29 is 9.59 Å². The number of thiophene rings is 2. The molecule has 3 heterocycles. The summed E-state index contributed by atoms with van der Waals surface area (Å²) in [5, 5.41) is 6.87. The standard InChI is InChI=1S/C21H20N2O2S2/c1-14-9-12-27-19(14)20(24)22-16-7-5-15(6-8-16)21(25)23-11-3-2-4-18-17(23)10-13-26-18/h5-10,12-13H,2-4,11H2,1H3,(H,22,24). The lowest BCUT2D eigenvalue weighted by molar-refractivity contribution is 0.0986. The zero-order valence-corrected chi connectivity index (χ0v) is 16.7. The Hall–Kier alpha value is -2.44. The summed E-state index contributed by atoms with van der Waals surface area (Å²) in [6.45, 7) is 2.67. The molecule has 0 aliphatic carbocycles. The number of fused-ring (bicyclic) bond motifs is 1. The molecule has 0 saturated heterocycles. The molecular formula is C21H20N2O2S2. The Morgan fingerprint density at radius 1 is 1.00 bits per heavy atom. The predicted molar refractivity (Wildman–Crippen MR) is 112 cm³/mol. The fraction of sp³-hybridized carbons (Fsp3) is 0.238. The van der Waals surface area contributed by atoms with Crippen LogP contribution in [0, 0.1) is 6.92 Å². The van der Waals surface area contributed by atoms with Gasteiger partial charge < -0.3 is 10.2 Å². The summed E-state index contributed by atoms with van der Waals surface area (Å²) in [6, 6.07) is 11.1. The highest BCUT2D eigenvalue weighted by Gasteiger charge is 2.23. The monoisotopic (exact) mass is 396 g/mol. The SMILES string of the molecule is Cc1ccsc1C(=O)Nc1ccc(C(=O)N2CCCCc3sccc32)cc1. The average Bonchev–Trinajstić information content (AvgIpc) is 3.26. The smallest absolute Gasteiger partial charge is 0.265 e. The van der Waals surface area contributed by atoms with Gasteiger partial charge in [-0.15, -0.1) is 22.7 Å². The summed E-state index contributed by atoms with van der Waals surface area (Å²) < 4.78 is 0. The third-order valence-corrected chi connectivity index (χ3v) is 6.74. The molecule has 0 spiro atoms. The van der Waals surface area contributed by atoms with Crippen LogP contribution in [0.15, 0.2) is 47.2 Å². The van der Waals surface area contributed by atoms with Crippen LogP contribution in [0.3, 0.4) is 0 Å². The number of nitrogens with zero attached hydrogens (tertiary/aromatic N) is 1. The van der Waals surface area contributed by atoms with Crippen molar-refractivity contribution in [3.05, 3.63) is 68.0 Å². The second kappa shape index (κ2) is 7.66. The van der Waals surface area contributed by atoms with E-state index in [1.807, 2.05) is 29.3 Å². The molecule has 138 valence electrons. The van der Waals surface area contributed by atoms with Crippen molar-refractivity contribution >= 4 is 45.9 Å². The number of hydrogen-bond donors (Lipinski definition) is 1. The molecule has 2 aromatic heterocycles. The van der Waals surface area contributed by atoms with Gasteiger partial charge in [-0.3, -0.25) is 9.59 Å². The van der Waals surface area contributed by atoms with Crippen molar-refractivity contribution in [3.63, 3.8) is 0 Å². The van der Waals surface area contributed by atoms with E-state index in [9.17, 15) is 9.59 Å². The highest BCUT2D eigenvalue weighted by Crippen LogP contribution is 2.32. The van der Waals surface area contributed by atoms with Gasteiger partial charge in [0.2, 0.25) is 0 Å². The number of nitrogens with one attached hydrogen (secondary N) is 1. The fourth-order valence-electron chi connectivity index (χ4n) is 3.29. The van der Waals surface area contributed by atoms with E-state index in [-0.39, 0.29) is 11.8 Å². The van der Waals surface area contributed by atoms with Crippen LogP contribution < -0.4 is 10.2 Å². The molecule has 0 bridgehead atoms. The Balaban J connectivity index is 1.50. The highest BCUT2D eigenvalue weighted by atomic mass is 32.1. The first-order valence-electron chi connectivity index (χ1n) is 8.97. The average molecular weight is 397 g/mol. The Morgan fingerprint density at radius 2 is 1.78 bits per heavy atom. The predicted octanol–water partition coefficient (Wildman–Crippen LogP) is 5.35. The molecule has 0 atom stereocenters. The van der Waals surface area contributed by atoms with E-state index in [2.05, 4.69) is 10.7 Å². The van der Waals surface area contributed by atoms with Crippen LogP contribution in [-0.4, -0.2) is 18.4 Å². The number of aryl methyl sites for hydroxylation is 2. The molecule has 1 aromatic carbocycles. The second-order valence-electron chi connectivity index (χ2n) is 6.61. The molecule has 4 nitrogen and oxygen atoms in total. The molecule has 1 aliphatic heterocycles. The van der Waals surface area contributed by atoms with E-state index in [1.165, 1.54) is 16.2 Å². The minimum Gasteiger partial charge on any atom is -0.321 e. The third-order valence-electron chi connectivity index (χ3n) is 4.75. The molecule has 3 aromatic rings. The van der Waals surface area contributed by atoms with Crippen molar-refractivity contribution in [1.29, 1.82) is 0 Å². The normalized spacial score (nSPS) is 13.7. The summed E-state index contributed by atoms with van der Waals surface area (Å²) in [5.74, 6) is -0.0967. The molecule has 0 saturated carbocycles. The van der Waals surface area contributed by atoms with E-state index in [4.69, 9.17) is 0 Å². The van der Waals surface area contributed by atoms with Crippen LogP contribution in [0.25, 0.3) is 0 Å². The maximum absolute atomic E-state index is 13.0. The number of amides is 2. The lowest BCUT2D eigenvalue weighted by atomic mass is 10.1. The quantitative estimate of drug-likeness (QED) is 0.648. The molecule has 27 heavy (non-hydrogen) atoms. The lowest BCUT2D eigenvalue weighted by Crippen LogP contribution is -2.31. The van der Waals surface area contributed by atoms with Gasteiger partial charge in [-0.05, 0) is 78.9 Å². The van der Waals surface area contributed by atoms with Crippen molar-refractivity contribution in [3.8, 4) is 0 Å². The number of carbonyl (C=O) groups is 2.